The zero-order chi connectivity index (χ0) is 48.8. The minimum Gasteiger partial charge on any atom is -0.492 e. The number of anilines is 4. The van der Waals surface area contributed by atoms with Crippen LogP contribution < -0.4 is 20.7 Å². The van der Waals surface area contributed by atoms with Crippen molar-refractivity contribution in [3.63, 3.8) is 0 Å². The Kier molecular flexibility index (Phi) is 16.0. The Labute approximate surface area is 420 Å². The van der Waals surface area contributed by atoms with Crippen molar-refractivity contribution in [3.05, 3.63) is 202 Å². The van der Waals surface area contributed by atoms with Crippen LogP contribution in [0.2, 0.25) is 0 Å². The van der Waals surface area contributed by atoms with Gasteiger partial charge in [-0.25, -0.2) is 9.97 Å². The minimum atomic E-state index is -0.193. The van der Waals surface area contributed by atoms with Crippen LogP contribution in [0.1, 0.15) is 42.4 Å². The minimum absolute atomic E-state index is 0.135. The van der Waals surface area contributed by atoms with E-state index in [-0.39, 0.29) is 11.8 Å². The molecule has 0 spiro atoms. The van der Waals surface area contributed by atoms with E-state index in [9.17, 15) is 9.59 Å². The maximum absolute atomic E-state index is 13.0. The molecule has 0 aliphatic carbocycles. The van der Waals surface area contributed by atoms with Crippen molar-refractivity contribution in [3.8, 4) is 39.4 Å². The molecule has 10 rings (SSSR count). The Balaban J connectivity index is 0.000000176. The van der Waals surface area contributed by atoms with Crippen LogP contribution in [0, 0.1) is 13.8 Å². The number of amides is 2. The van der Waals surface area contributed by atoms with Gasteiger partial charge in [-0.2, -0.15) is 0 Å². The quantitative estimate of drug-likeness (QED) is 0.0898. The van der Waals surface area contributed by atoms with Gasteiger partial charge in [-0.05, 0) is 133 Å². The van der Waals surface area contributed by atoms with Crippen LogP contribution in [0.15, 0.2) is 169 Å². The molecule has 0 atom stereocenters. The molecule has 5 aromatic heterocycles. The monoisotopic (exact) mass is 977 g/mol. The molecule has 0 bridgehead atoms. The highest BCUT2D eigenvalue weighted by atomic mass is 32.1. The molecule has 1 fully saturated rings. The van der Waals surface area contributed by atoms with Crippen molar-refractivity contribution in [1.82, 2.24) is 29.8 Å². The molecular weight excluding hydrogens is 927 g/mol. The Morgan fingerprint density at radius 2 is 1.30 bits per heavy atom. The number of aromatic nitrogens is 5. The largest absolute Gasteiger partial charge is 0.492 e. The predicted octanol–water partition coefficient (Wildman–Crippen LogP) is 11.6. The van der Waals surface area contributed by atoms with Gasteiger partial charge < -0.3 is 25.4 Å². The molecule has 6 heterocycles. The molecular formula is C56H51N9O4S2. The number of hydrogen-bond donors (Lipinski definition) is 3. The van der Waals surface area contributed by atoms with Crippen molar-refractivity contribution >= 4 is 56.7 Å². The van der Waals surface area contributed by atoms with Crippen molar-refractivity contribution in [2.24, 2.45) is 0 Å². The standard InChI is InChI=1S/C28H29N5O3S.C28H22N4OS/c1-20-7-8-23(17-25(20)31-28-32-26(19-37-28)22-5-3-9-29-18-22)30-27(34)21-4-2-6-24(16-21)36-15-12-33-10-13-35-14-11-33;1-19-4-9-25(15-24(19)16-27-32-26(18-34-27)23-3-2-12-30-17-23)31-28(33)22-7-5-20(6-8-22)21-10-13-29-14-11-21/h2-9,16-19H,10-15H2,1H3,(H,30,34)(H,31,32);2-15,17-18H,16H2,1H3,(H,31,33). The van der Waals surface area contributed by atoms with Gasteiger partial charge in [0.1, 0.15) is 12.4 Å². The highest BCUT2D eigenvalue weighted by Gasteiger charge is 2.14. The fraction of sp³-hybridized carbons (Fsp3) is 0.161. The Bertz CT molecular complexity index is 3180. The van der Waals surface area contributed by atoms with E-state index in [2.05, 4.69) is 53.1 Å². The average molecular weight is 978 g/mol. The third kappa shape index (κ3) is 13.2. The summed E-state index contributed by atoms with van der Waals surface area (Å²) in [4.78, 5) is 50.0. The van der Waals surface area contributed by atoms with Gasteiger partial charge in [-0.1, -0.05) is 30.3 Å². The van der Waals surface area contributed by atoms with Crippen LogP contribution in [0.3, 0.4) is 0 Å². The molecule has 1 aliphatic rings. The number of aryl methyl sites for hydroxylation is 2. The molecule has 4 aromatic carbocycles. The van der Waals surface area contributed by atoms with Gasteiger partial charge in [0.15, 0.2) is 5.13 Å². The maximum atomic E-state index is 13.0. The number of morpholine rings is 1. The van der Waals surface area contributed by atoms with Crippen molar-refractivity contribution in [2.45, 2.75) is 20.3 Å². The number of ether oxygens (including phenoxy) is 2. The molecule has 13 nitrogen and oxygen atoms in total. The topological polar surface area (TPSA) is 156 Å². The molecule has 0 radical (unpaired) electrons. The zero-order valence-electron chi connectivity index (χ0n) is 39.2. The predicted molar refractivity (Wildman–Crippen MR) is 284 cm³/mol. The molecule has 3 N–H and O–H groups in total. The lowest BCUT2D eigenvalue weighted by atomic mass is 10.0. The van der Waals surface area contributed by atoms with Crippen molar-refractivity contribution < 1.29 is 19.1 Å². The molecule has 1 saturated heterocycles. The first kappa shape index (κ1) is 48.1. The summed E-state index contributed by atoms with van der Waals surface area (Å²) in [7, 11) is 0. The van der Waals surface area contributed by atoms with E-state index in [4.69, 9.17) is 14.5 Å². The summed E-state index contributed by atoms with van der Waals surface area (Å²) in [5.41, 5.74) is 12.8. The second-order valence-corrected chi connectivity index (χ2v) is 18.5. The molecule has 2 amide bonds. The summed E-state index contributed by atoms with van der Waals surface area (Å²) >= 11 is 3.15. The second kappa shape index (κ2) is 23.6. The maximum Gasteiger partial charge on any atom is 0.255 e. The Morgan fingerprint density at radius 1 is 0.634 bits per heavy atom. The number of hydrogen-bond acceptors (Lipinski definition) is 13. The summed E-state index contributed by atoms with van der Waals surface area (Å²) in [5, 5.41) is 15.3. The number of rotatable bonds is 15. The first-order valence-corrected chi connectivity index (χ1v) is 24.9. The summed E-state index contributed by atoms with van der Waals surface area (Å²) in [6.07, 6.45) is 11.4. The van der Waals surface area contributed by atoms with E-state index in [0.717, 1.165) is 105 Å². The van der Waals surface area contributed by atoms with Gasteiger partial charge in [0, 0.05) is 113 Å². The fourth-order valence-electron chi connectivity index (χ4n) is 7.68. The van der Waals surface area contributed by atoms with Gasteiger partial charge in [0.05, 0.1) is 29.6 Å². The number of benzene rings is 4. The number of nitrogens with zero attached hydrogens (tertiary/aromatic N) is 6. The molecule has 71 heavy (non-hydrogen) atoms. The molecule has 0 unspecified atom stereocenters. The van der Waals surface area contributed by atoms with Crippen LogP contribution >= 0.6 is 22.7 Å². The van der Waals surface area contributed by atoms with Crippen LogP contribution in [-0.2, 0) is 11.2 Å². The normalized spacial score (nSPS) is 12.3. The first-order chi connectivity index (χ1) is 34.8. The van der Waals surface area contributed by atoms with E-state index in [1.54, 1.807) is 54.5 Å². The number of nitrogens with one attached hydrogen (secondary N) is 3. The van der Waals surface area contributed by atoms with E-state index >= 15 is 0 Å². The van der Waals surface area contributed by atoms with Crippen LogP contribution in [0.5, 0.6) is 5.75 Å². The summed E-state index contributed by atoms with van der Waals surface area (Å²) < 4.78 is 11.3. The number of carbonyl (C=O) groups excluding carboxylic acids is 2. The fourth-order valence-corrected chi connectivity index (χ4v) is 9.24. The highest BCUT2D eigenvalue weighted by molar-refractivity contribution is 7.14. The number of carbonyl (C=O) groups is 2. The Morgan fingerprint density at radius 3 is 2.01 bits per heavy atom. The van der Waals surface area contributed by atoms with E-state index in [1.807, 2.05) is 128 Å². The Hall–Kier alpha value is -7.95. The van der Waals surface area contributed by atoms with Gasteiger partial charge in [-0.3, -0.25) is 29.4 Å². The lowest BCUT2D eigenvalue weighted by molar-refractivity contribution is 0.0322. The van der Waals surface area contributed by atoms with Gasteiger partial charge >= 0.3 is 0 Å². The SMILES string of the molecule is Cc1ccc(NC(=O)c2ccc(-c3ccncc3)cc2)cc1Cc1nc(-c2cccnc2)cs1.Cc1ccc(NC(=O)c2cccc(OCCN3CCOCC3)c2)cc1Nc1nc(-c2cccnc2)cs1. The van der Waals surface area contributed by atoms with Gasteiger partial charge in [0.25, 0.3) is 11.8 Å². The number of pyridine rings is 3. The van der Waals surface area contributed by atoms with Crippen molar-refractivity contribution in [2.75, 3.05) is 55.4 Å². The third-order valence-corrected chi connectivity index (χ3v) is 13.3. The lowest BCUT2D eigenvalue weighted by Gasteiger charge is -2.26. The van der Waals surface area contributed by atoms with Crippen LogP contribution in [-0.4, -0.2) is 81.1 Å². The van der Waals surface area contributed by atoms with Gasteiger partial charge in [0.2, 0.25) is 0 Å². The summed E-state index contributed by atoms with van der Waals surface area (Å²) in [6, 6.07) is 38.3. The molecule has 0 saturated carbocycles. The molecule has 15 heteroatoms. The summed E-state index contributed by atoms with van der Waals surface area (Å²) in [5.74, 6) is 0.353. The average Bonchev–Trinajstić information content (AvgIpc) is 4.10. The lowest BCUT2D eigenvalue weighted by Crippen LogP contribution is -2.38. The molecule has 356 valence electrons. The van der Waals surface area contributed by atoms with E-state index in [1.165, 1.54) is 11.3 Å². The second-order valence-electron chi connectivity index (χ2n) is 16.7. The van der Waals surface area contributed by atoms with E-state index < -0.39 is 0 Å². The molecule has 1 aliphatic heterocycles. The third-order valence-electron chi connectivity index (χ3n) is 11.7. The smallest absolute Gasteiger partial charge is 0.255 e. The summed E-state index contributed by atoms with van der Waals surface area (Å²) in [6.45, 7) is 8.87. The van der Waals surface area contributed by atoms with E-state index in [0.29, 0.717) is 35.6 Å². The highest BCUT2D eigenvalue weighted by Crippen LogP contribution is 2.30. The van der Waals surface area contributed by atoms with Gasteiger partial charge in [-0.15, -0.1) is 22.7 Å². The van der Waals surface area contributed by atoms with Crippen molar-refractivity contribution in [1.29, 1.82) is 0 Å². The van der Waals surface area contributed by atoms with Crippen LogP contribution in [0.4, 0.5) is 22.2 Å². The van der Waals surface area contributed by atoms with Crippen LogP contribution in [0.25, 0.3) is 33.6 Å². The zero-order valence-corrected chi connectivity index (χ0v) is 40.9. The molecule has 9 aromatic rings. The first-order valence-electron chi connectivity index (χ1n) is 23.1. The number of thiazole rings is 2.